The number of halogens is 3. The second-order valence-corrected chi connectivity index (χ2v) is 8.42. The molecule has 2 unspecified atom stereocenters. The van der Waals surface area contributed by atoms with Gasteiger partial charge in [0, 0.05) is 0 Å². The van der Waals surface area contributed by atoms with Crippen LogP contribution in [0.1, 0.15) is 69.8 Å². The number of hydrogen-bond acceptors (Lipinski definition) is 0. The van der Waals surface area contributed by atoms with Crippen molar-refractivity contribution in [2.24, 2.45) is 5.92 Å². The molecule has 2 aliphatic rings. The van der Waals surface area contributed by atoms with Crippen molar-refractivity contribution in [2.45, 2.75) is 64.2 Å². The highest BCUT2D eigenvalue weighted by atomic mass is 19.2. The van der Waals surface area contributed by atoms with Crippen LogP contribution >= 0.6 is 0 Å². The number of hydrogen-bond donors (Lipinski definition) is 0. The van der Waals surface area contributed by atoms with Crippen LogP contribution in [0.15, 0.2) is 47.5 Å². The Labute approximate surface area is 165 Å². The molecule has 0 nitrogen and oxygen atoms in total. The summed E-state index contributed by atoms with van der Waals surface area (Å²) in [6.07, 6.45) is 10.1. The summed E-state index contributed by atoms with van der Waals surface area (Å²) in [6, 6.07) is 10.0. The molecule has 0 saturated heterocycles. The molecule has 3 heteroatoms. The lowest BCUT2D eigenvalue weighted by molar-refractivity contribution is 0.386. The van der Waals surface area contributed by atoms with Gasteiger partial charge in [-0.2, -0.15) is 0 Å². The Kier molecular flexibility index (Phi) is 5.61. The first-order valence-corrected chi connectivity index (χ1v) is 10.5. The Balaban J connectivity index is 1.48. The van der Waals surface area contributed by atoms with E-state index in [0.717, 1.165) is 24.5 Å². The van der Waals surface area contributed by atoms with Crippen molar-refractivity contribution in [3.63, 3.8) is 0 Å². The third kappa shape index (κ3) is 3.90. The Hall–Kier alpha value is -2.03. The van der Waals surface area contributed by atoms with E-state index >= 15 is 0 Å². The molecule has 0 radical (unpaired) electrons. The van der Waals surface area contributed by atoms with Crippen LogP contribution < -0.4 is 0 Å². The minimum absolute atomic E-state index is 0.367. The van der Waals surface area contributed by atoms with Crippen molar-refractivity contribution < 1.29 is 13.2 Å². The smallest absolute Gasteiger partial charge is 0.194 e. The van der Waals surface area contributed by atoms with Gasteiger partial charge in [0.05, 0.1) is 0 Å². The fourth-order valence-electron chi connectivity index (χ4n) is 5.03. The zero-order valence-corrected chi connectivity index (χ0v) is 16.4. The number of allylic oxidation sites excluding steroid dienone is 2. The zero-order valence-electron chi connectivity index (χ0n) is 16.4. The van der Waals surface area contributed by atoms with Crippen LogP contribution in [-0.4, -0.2) is 0 Å². The van der Waals surface area contributed by atoms with Crippen molar-refractivity contribution in [3.05, 3.63) is 70.6 Å². The number of benzene rings is 2. The average molecular weight is 384 g/mol. The molecule has 2 aromatic carbocycles. The van der Waals surface area contributed by atoms with Crippen LogP contribution in [-0.2, 0) is 0 Å². The van der Waals surface area contributed by atoms with Gasteiger partial charge in [0.1, 0.15) is 0 Å². The monoisotopic (exact) mass is 384 g/mol. The highest BCUT2D eigenvalue weighted by Crippen LogP contribution is 2.44. The summed E-state index contributed by atoms with van der Waals surface area (Å²) in [5.74, 6) is -2.30. The molecule has 0 heterocycles. The van der Waals surface area contributed by atoms with Crippen LogP contribution in [0.5, 0.6) is 0 Å². The third-order valence-corrected chi connectivity index (χ3v) is 6.57. The molecule has 0 saturated carbocycles. The topological polar surface area (TPSA) is 0 Å². The summed E-state index contributed by atoms with van der Waals surface area (Å²) in [6.45, 7) is 2.28. The predicted octanol–water partition coefficient (Wildman–Crippen LogP) is 7.94. The van der Waals surface area contributed by atoms with Crippen LogP contribution in [0.25, 0.3) is 11.1 Å². The molecule has 0 aromatic heterocycles. The van der Waals surface area contributed by atoms with E-state index in [1.54, 1.807) is 11.1 Å². The molecule has 2 aromatic rings. The second-order valence-electron chi connectivity index (χ2n) is 8.42. The van der Waals surface area contributed by atoms with E-state index in [4.69, 9.17) is 0 Å². The first-order chi connectivity index (χ1) is 13.5. The highest BCUT2D eigenvalue weighted by molar-refractivity contribution is 5.64. The maximum Gasteiger partial charge on any atom is 0.194 e. The van der Waals surface area contributed by atoms with Crippen molar-refractivity contribution in [1.82, 2.24) is 0 Å². The van der Waals surface area contributed by atoms with Gasteiger partial charge in [-0.15, -0.1) is 0 Å². The molecule has 28 heavy (non-hydrogen) atoms. The Morgan fingerprint density at radius 1 is 0.821 bits per heavy atom. The van der Waals surface area contributed by atoms with Gasteiger partial charge in [-0.25, -0.2) is 13.2 Å². The molecule has 0 spiro atoms. The van der Waals surface area contributed by atoms with Gasteiger partial charge < -0.3 is 0 Å². The molecule has 2 aliphatic carbocycles. The van der Waals surface area contributed by atoms with Gasteiger partial charge in [0.15, 0.2) is 17.5 Å². The van der Waals surface area contributed by atoms with Gasteiger partial charge in [0.25, 0.3) is 0 Å². The third-order valence-electron chi connectivity index (χ3n) is 6.57. The largest absolute Gasteiger partial charge is 0.204 e. The molecule has 0 fully saturated rings. The summed E-state index contributed by atoms with van der Waals surface area (Å²) in [5, 5.41) is 0. The van der Waals surface area contributed by atoms with E-state index < -0.39 is 17.5 Å². The van der Waals surface area contributed by atoms with Gasteiger partial charge >= 0.3 is 0 Å². The lowest BCUT2D eigenvalue weighted by Gasteiger charge is -2.34. The van der Waals surface area contributed by atoms with E-state index in [1.165, 1.54) is 50.5 Å². The Morgan fingerprint density at radius 2 is 1.46 bits per heavy atom. The maximum atomic E-state index is 13.5. The fourth-order valence-corrected chi connectivity index (χ4v) is 5.03. The van der Waals surface area contributed by atoms with Crippen LogP contribution in [0.2, 0.25) is 0 Å². The summed E-state index contributed by atoms with van der Waals surface area (Å²) in [7, 11) is 0. The van der Waals surface area contributed by atoms with Crippen molar-refractivity contribution in [3.8, 4) is 11.1 Å². The molecular weight excluding hydrogens is 357 g/mol. The summed E-state index contributed by atoms with van der Waals surface area (Å²) in [5.41, 5.74) is 5.75. The van der Waals surface area contributed by atoms with Gasteiger partial charge in [-0.05, 0) is 79.2 Å². The van der Waals surface area contributed by atoms with Gasteiger partial charge in [-0.3, -0.25) is 0 Å². The Morgan fingerprint density at radius 3 is 2.14 bits per heavy atom. The minimum atomic E-state index is -1.42. The quantitative estimate of drug-likeness (QED) is 0.371. The summed E-state index contributed by atoms with van der Waals surface area (Å²) >= 11 is 0. The average Bonchev–Trinajstić information content (AvgIpc) is 2.71. The summed E-state index contributed by atoms with van der Waals surface area (Å²) in [4.78, 5) is 0. The first kappa shape index (κ1) is 19.3. The highest BCUT2D eigenvalue weighted by Gasteiger charge is 2.27. The predicted molar refractivity (Wildman–Crippen MR) is 108 cm³/mol. The summed E-state index contributed by atoms with van der Waals surface area (Å²) < 4.78 is 40.2. The lowest BCUT2D eigenvalue weighted by Crippen LogP contribution is -2.17. The van der Waals surface area contributed by atoms with Gasteiger partial charge in [0.2, 0.25) is 0 Å². The zero-order chi connectivity index (χ0) is 19.7. The number of rotatable bonds is 4. The van der Waals surface area contributed by atoms with Crippen molar-refractivity contribution >= 4 is 0 Å². The molecule has 0 aliphatic heterocycles. The van der Waals surface area contributed by atoms with Crippen LogP contribution in [0, 0.1) is 23.4 Å². The van der Waals surface area contributed by atoms with Gasteiger partial charge in [-0.1, -0.05) is 55.2 Å². The standard InChI is InChI=1S/C25H27F3/c1-2-3-16-4-5-21-13-20(11-10-19(21)12-16)17-6-8-18(9-7-17)22-14-23(26)25(28)24(27)15-22/h6-9,14-16,20H,2-5,10-13H2,1H3. The molecule has 0 amide bonds. The minimum Gasteiger partial charge on any atom is -0.204 e. The molecule has 148 valence electrons. The Bertz CT molecular complexity index is 856. The van der Waals surface area contributed by atoms with E-state index in [1.807, 2.05) is 12.1 Å². The lowest BCUT2D eigenvalue weighted by atomic mass is 9.71. The van der Waals surface area contributed by atoms with E-state index in [-0.39, 0.29) is 0 Å². The molecule has 0 bridgehead atoms. The second kappa shape index (κ2) is 8.14. The first-order valence-electron chi connectivity index (χ1n) is 10.5. The van der Waals surface area contributed by atoms with Crippen LogP contribution in [0.4, 0.5) is 13.2 Å². The van der Waals surface area contributed by atoms with E-state index in [2.05, 4.69) is 19.1 Å². The molecular formula is C25H27F3. The fraction of sp³-hybridized carbons (Fsp3) is 0.440. The molecule has 0 N–H and O–H groups in total. The van der Waals surface area contributed by atoms with Crippen molar-refractivity contribution in [2.75, 3.05) is 0 Å². The normalized spacial score (nSPS) is 22.3. The van der Waals surface area contributed by atoms with Crippen molar-refractivity contribution in [1.29, 1.82) is 0 Å². The SMILES string of the molecule is CCCC1CCC2=C(CCC(c3ccc(-c4cc(F)c(F)c(F)c4)cc3)C2)C1. The van der Waals surface area contributed by atoms with E-state index in [9.17, 15) is 13.2 Å². The van der Waals surface area contributed by atoms with Crippen LogP contribution in [0.3, 0.4) is 0 Å². The molecule has 2 atom stereocenters. The van der Waals surface area contributed by atoms with E-state index in [0.29, 0.717) is 17.0 Å². The maximum absolute atomic E-state index is 13.5. The molecule has 4 rings (SSSR count).